The summed E-state index contributed by atoms with van der Waals surface area (Å²) in [4.78, 5) is 22.4. The molecule has 1 saturated heterocycles. The van der Waals surface area contributed by atoms with Crippen molar-refractivity contribution in [1.82, 2.24) is 14.3 Å². The Bertz CT molecular complexity index is 1270. The van der Waals surface area contributed by atoms with E-state index in [9.17, 15) is 4.79 Å². The van der Waals surface area contributed by atoms with Crippen LogP contribution in [-0.4, -0.2) is 39.8 Å². The first-order valence-electron chi connectivity index (χ1n) is 13.1. The molecule has 3 aromatic carbocycles. The van der Waals surface area contributed by atoms with Crippen molar-refractivity contribution >= 4 is 22.6 Å². The van der Waals surface area contributed by atoms with Crippen molar-refractivity contribution in [3.63, 3.8) is 0 Å². The molecule has 0 radical (unpaired) electrons. The van der Waals surface area contributed by atoms with Gasteiger partial charge in [-0.1, -0.05) is 90.5 Å². The summed E-state index contributed by atoms with van der Waals surface area (Å²) in [5, 5.41) is 0.804. The number of likely N-dealkylation sites (tertiary alicyclic amines) is 1. The number of carbonyl (C=O) groups excluding carboxylic acids is 1. The van der Waals surface area contributed by atoms with Gasteiger partial charge in [0, 0.05) is 37.6 Å². The van der Waals surface area contributed by atoms with Crippen LogP contribution in [0.2, 0.25) is 0 Å². The third kappa shape index (κ3) is 7.04. The molecule has 0 unspecified atom stereocenters. The van der Waals surface area contributed by atoms with Crippen molar-refractivity contribution in [3.8, 4) is 0 Å². The molecule has 5 nitrogen and oxygen atoms in total. The van der Waals surface area contributed by atoms with Gasteiger partial charge in [0.05, 0.1) is 6.54 Å². The smallest absolute Gasteiger partial charge is 0.242 e. The van der Waals surface area contributed by atoms with Crippen LogP contribution >= 0.6 is 11.5 Å². The maximum Gasteiger partial charge on any atom is 0.242 e. The third-order valence-electron chi connectivity index (χ3n) is 7.09. The highest BCUT2D eigenvalue weighted by atomic mass is 32.1. The van der Waals surface area contributed by atoms with E-state index in [4.69, 9.17) is 4.98 Å². The third-order valence-corrected chi connectivity index (χ3v) is 7.90. The van der Waals surface area contributed by atoms with E-state index >= 15 is 0 Å². The topological polar surface area (TPSA) is 49.3 Å². The second kappa shape index (κ2) is 12.2. The van der Waals surface area contributed by atoms with E-state index in [1.807, 2.05) is 23.1 Å². The van der Waals surface area contributed by atoms with Crippen LogP contribution in [0.15, 0.2) is 84.9 Å². The number of hydrogen-bond acceptors (Lipinski definition) is 5. The summed E-state index contributed by atoms with van der Waals surface area (Å²) in [5.41, 5.74) is 4.98. The molecule has 6 heteroatoms. The molecule has 4 aromatic rings. The van der Waals surface area contributed by atoms with Crippen LogP contribution < -0.4 is 4.90 Å². The number of aryl methyl sites for hydroxylation is 1. The number of rotatable bonds is 9. The molecule has 1 amide bonds. The van der Waals surface area contributed by atoms with Crippen molar-refractivity contribution in [2.45, 2.75) is 39.2 Å². The lowest BCUT2D eigenvalue weighted by Gasteiger charge is -2.33. The van der Waals surface area contributed by atoms with Crippen LogP contribution in [0.25, 0.3) is 0 Å². The van der Waals surface area contributed by atoms with E-state index in [1.165, 1.54) is 28.2 Å². The summed E-state index contributed by atoms with van der Waals surface area (Å²) in [5.74, 6) is 1.61. The average Bonchev–Trinajstić information content (AvgIpc) is 3.40. The normalized spacial score (nSPS) is 14.0. The maximum absolute atomic E-state index is 13.4. The van der Waals surface area contributed by atoms with Gasteiger partial charge in [-0.15, -0.1) is 0 Å². The zero-order valence-corrected chi connectivity index (χ0v) is 22.2. The predicted octanol–water partition coefficient (Wildman–Crippen LogP) is 5.93. The molecule has 0 saturated carbocycles. The molecule has 0 bridgehead atoms. The van der Waals surface area contributed by atoms with Gasteiger partial charge in [0.15, 0.2) is 0 Å². The van der Waals surface area contributed by atoms with Crippen LogP contribution in [0.3, 0.4) is 0 Å². The molecule has 1 aliphatic heterocycles. The van der Waals surface area contributed by atoms with Crippen LogP contribution in [0.1, 0.15) is 40.9 Å². The molecule has 2 heterocycles. The van der Waals surface area contributed by atoms with E-state index < -0.39 is 0 Å². The molecule has 0 atom stereocenters. The maximum atomic E-state index is 13.4. The molecule has 190 valence electrons. The molecule has 0 aliphatic carbocycles. The highest BCUT2D eigenvalue weighted by molar-refractivity contribution is 7.09. The van der Waals surface area contributed by atoms with E-state index in [1.54, 1.807) is 0 Å². The number of anilines is 1. The predicted molar refractivity (Wildman–Crippen MR) is 151 cm³/mol. The van der Waals surface area contributed by atoms with Crippen molar-refractivity contribution in [2.75, 3.05) is 24.5 Å². The lowest BCUT2D eigenvalue weighted by Crippen LogP contribution is -2.44. The van der Waals surface area contributed by atoms with Crippen LogP contribution in [0.4, 0.5) is 5.13 Å². The molecule has 5 rings (SSSR count). The van der Waals surface area contributed by atoms with Gasteiger partial charge in [0.25, 0.3) is 0 Å². The van der Waals surface area contributed by atoms with Crippen molar-refractivity contribution in [3.05, 3.63) is 113 Å². The Hall–Kier alpha value is -3.51. The molecule has 37 heavy (non-hydrogen) atoms. The number of hydrogen-bond donors (Lipinski definition) is 0. The minimum Gasteiger partial charge on any atom is -0.341 e. The summed E-state index contributed by atoms with van der Waals surface area (Å²) in [7, 11) is 0. The fraction of sp³-hybridized carbons (Fsp3) is 0.323. The zero-order valence-electron chi connectivity index (χ0n) is 21.4. The SMILES string of the molecule is Cc1ccc(Cc2nsc(N(CC(=O)N3CCC(Cc4ccccc4)CC3)Cc3ccccc3)n2)cc1. The number of amides is 1. The van der Waals surface area contributed by atoms with E-state index in [-0.39, 0.29) is 5.91 Å². The molecule has 1 aromatic heterocycles. The fourth-order valence-corrected chi connectivity index (χ4v) is 5.61. The Labute approximate surface area is 224 Å². The summed E-state index contributed by atoms with van der Waals surface area (Å²) in [6.07, 6.45) is 3.90. The van der Waals surface area contributed by atoms with Crippen LogP contribution in [0, 0.1) is 12.8 Å². The zero-order chi connectivity index (χ0) is 25.5. The Morgan fingerprint density at radius 2 is 1.54 bits per heavy atom. The quantitative estimate of drug-likeness (QED) is 0.280. The summed E-state index contributed by atoms with van der Waals surface area (Å²) < 4.78 is 4.63. The van der Waals surface area contributed by atoms with Gasteiger partial charge in [-0.3, -0.25) is 4.79 Å². The van der Waals surface area contributed by atoms with Gasteiger partial charge < -0.3 is 9.80 Å². The first kappa shape index (κ1) is 25.2. The van der Waals surface area contributed by atoms with Gasteiger partial charge in [-0.25, -0.2) is 4.98 Å². The van der Waals surface area contributed by atoms with E-state index in [0.29, 0.717) is 25.4 Å². The molecular weight excluding hydrogens is 476 g/mol. The molecule has 1 aliphatic rings. The molecule has 0 N–H and O–H groups in total. The van der Waals surface area contributed by atoms with Crippen LogP contribution in [-0.2, 0) is 24.2 Å². The number of carbonyl (C=O) groups is 1. The minimum atomic E-state index is 0.171. The molecular formula is C31H34N4OS. The lowest BCUT2D eigenvalue weighted by atomic mass is 9.90. The Balaban J connectivity index is 1.23. The van der Waals surface area contributed by atoms with Gasteiger partial charge in [0.2, 0.25) is 11.0 Å². The van der Waals surface area contributed by atoms with Gasteiger partial charge >= 0.3 is 0 Å². The van der Waals surface area contributed by atoms with Crippen molar-refractivity contribution < 1.29 is 4.79 Å². The molecule has 1 fully saturated rings. The largest absolute Gasteiger partial charge is 0.341 e. The fourth-order valence-electron chi connectivity index (χ4n) is 4.93. The Kier molecular flexibility index (Phi) is 8.26. The second-order valence-corrected chi connectivity index (χ2v) is 10.7. The standard InChI is InChI=1S/C31H34N4OS/c1-24-12-14-26(15-13-24)21-29-32-31(37-33-29)35(22-28-10-6-3-7-11-28)23-30(36)34-18-16-27(17-19-34)20-25-8-4-2-5-9-25/h2-15,27H,16-23H2,1H3. The highest BCUT2D eigenvalue weighted by Gasteiger charge is 2.25. The first-order chi connectivity index (χ1) is 18.1. The minimum absolute atomic E-state index is 0.171. The van der Waals surface area contributed by atoms with Crippen molar-refractivity contribution in [1.29, 1.82) is 0 Å². The van der Waals surface area contributed by atoms with Gasteiger partial charge in [-0.05, 0) is 48.8 Å². The summed E-state index contributed by atoms with van der Waals surface area (Å²) >= 11 is 1.38. The highest BCUT2D eigenvalue weighted by Crippen LogP contribution is 2.24. The molecule has 0 spiro atoms. The Morgan fingerprint density at radius 3 is 2.22 bits per heavy atom. The number of piperidine rings is 1. The average molecular weight is 511 g/mol. The van der Waals surface area contributed by atoms with E-state index in [2.05, 4.69) is 82.9 Å². The number of benzene rings is 3. The van der Waals surface area contributed by atoms with Gasteiger partial charge in [-0.2, -0.15) is 4.37 Å². The summed E-state index contributed by atoms with van der Waals surface area (Å²) in [6.45, 7) is 4.69. The first-order valence-corrected chi connectivity index (χ1v) is 13.9. The Morgan fingerprint density at radius 1 is 0.892 bits per heavy atom. The number of nitrogens with zero attached hydrogens (tertiary/aromatic N) is 4. The van der Waals surface area contributed by atoms with Crippen molar-refractivity contribution in [2.24, 2.45) is 5.92 Å². The second-order valence-electron chi connectivity index (χ2n) is 10.0. The lowest BCUT2D eigenvalue weighted by molar-refractivity contribution is -0.131. The van der Waals surface area contributed by atoms with E-state index in [0.717, 1.165) is 48.9 Å². The number of aromatic nitrogens is 2. The van der Waals surface area contributed by atoms with Crippen LogP contribution in [0.5, 0.6) is 0 Å². The summed E-state index contributed by atoms with van der Waals surface area (Å²) in [6, 6.07) is 29.5. The monoisotopic (exact) mass is 510 g/mol. The van der Waals surface area contributed by atoms with Gasteiger partial charge in [0.1, 0.15) is 5.82 Å².